The number of amides is 1. The summed E-state index contributed by atoms with van der Waals surface area (Å²) in [5.41, 5.74) is 1.70. The number of tetrazole rings is 1. The van der Waals surface area contributed by atoms with Gasteiger partial charge in [0, 0.05) is 5.69 Å². The molecule has 1 unspecified atom stereocenters. The van der Waals surface area contributed by atoms with Crippen LogP contribution in [0, 0.1) is 0 Å². The number of anilines is 1. The summed E-state index contributed by atoms with van der Waals surface area (Å²) in [5.74, 6) is -0.0848. The third-order valence-corrected chi connectivity index (χ3v) is 5.94. The van der Waals surface area contributed by atoms with Crippen LogP contribution in [0.5, 0.6) is 0 Å². The second kappa shape index (κ2) is 8.35. The van der Waals surface area contributed by atoms with Crippen molar-refractivity contribution in [1.29, 1.82) is 0 Å². The Hall–Kier alpha value is -2.67. The van der Waals surface area contributed by atoms with Gasteiger partial charge in [0.05, 0.1) is 6.04 Å². The molecule has 0 spiro atoms. The van der Waals surface area contributed by atoms with Gasteiger partial charge in [0.2, 0.25) is 11.1 Å². The van der Waals surface area contributed by atoms with Crippen molar-refractivity contribution in [3.8, 4) is 0 Å². The Labute approximate surface area is 162 Å². The molecule has 0 radical (unpaired) electrons. The van der Waals surface area contributed by atoms with Gasteiger partial charge in [-0.25, -0.2) is 4.68 Å². The van der Waals surface area contributed by atoms with Crippen molar-refractivity contribution in [3.05, 3.63) is 66.2 Å². The first kappa shape index (κ1) is 17.7. The summed E-state index contributed by atoms with van der Waals surface area (Å²) in [4.78, 5) is 13.1. The molecule has 1 aromatic heterocycles. The number of carbonyl (C=O) groups excluding carboxylic acids is 1. The van der Waals surface area contributed by atoms with Crippen LogP contribution in [0.1, 0.15) is 42.5 Å². The van der Waals surface area contributed by atoms with E-state index in [9.17, 15) is 4.79 Å². The van der Waals surface area contributed by atoms with Gasteiger partial charge in [0.25, 0.3) is 0 Å². The van der Waals surface area contributed by atoms with Crippen LogP contribution in [0.3, 0.4) is 0 Å². The van der Waals surface area contributed by atoms with Crippen molar-refractivity contribution in [2.45, 2.75) is 42.1 Å². The van der Waals surface area contributed by atoms with Gasteiger partial charge in [-0.2, -0.15) is 0 Å². The van der Waals surface area contributed by atoms with Crippen LogP contribution in [0.15, 0.2) is 65.8 Å². The van der Waals surface area contributed by atoms with Gasteiger partial charge in [0.15, 0.2) is 0 Å². The quantitative estimate of drug-likeness (QED) is 0.648. The lowest BCUT2D eigenvalue weighted by Gasteiger charge is -2.18. The maximum atomic E-state index is 13.1. The molecular weight excluding hydrogens is 358 g/mol. The fraction of sp³-hybridized carbons (Fsp3) is 0.300. The molecule has 1 saturated carbocycles. The van der Waals surface area contributed by atoms with Crippen LogP contribution in [0.4, 0.5) is 5.69 Å². The van der Waals surface area contributed by atoms with Gasteiger partial charge in [-0.1, -0.05) is 73.1 Å². The number of aromatic nitrogens is 4. The van der Waals surface area contributed by atoms with Crippen LogP contribution in [0.2, 0.25) is 0 Å². The van der Waals surface area contributed by atoms with Gasteiger partial charge < -0.3 is 5.32 Å². The summed E-state index contributed by atoms with van der Waals surface area (Å²) < 4.78 is 1.89. The summed E-state index contributed by atoms with van der Waals surface area (Å²) in [5, 5.41) is 15.5. The van der Waals surface area contributed by atoms with Crippen LogP contribution in [-0.4, -0.2) is 26.1 Å². The highest BCUT2D eigenvalue weighted by atomic mass is 32.2. The lowest BCUT2D eigenvalue weighted by atomic mass is 10.1. The van der Waals surface area contributed by atoms with Gasteiger partial charge in [-0.15, -0.1) is 5.10 Å². The van der Waals surface area contributed by atoms with Crippen LogP contribution in [-0.2, 0) is 4.79 Å². The molecule has 1 N–H and O–H groups in total. The normalized spacial score (nSPS) is 15.6. The molecule has 138 valence electrons. The molecule has 4 rings (SSSR count). The van der Waals surface area contributed by atoms with Crippen molar-refractivity contribution in [3.63, 3.8) is 0 Å². The number of hydrogen-bond donors (Lipinski definition) is 1. The molecule has 0 saturated heterocycles. The minimum Gasteiger partial charge on any atom is -0.325 e. The largest absolute Gasteiger partial charge is 0.325 e. The van der Waals surface area contributed by atoms with Crippen LogP contribution >= 0.6 is 11.8 Å². The molecule has 6 nitrogen and oxygen atoms in total. The van der Waals surface area contributed by atoms with Crippen molar-refractivity contribution >= 4 is 23.4 Å². The Morgan fingerprint density at radius 3 is 2.41 bits per heavy atom. The standard InChI is InChI=1S/C20H21N5OS/c26-19(21-16-11-5-2-6-12-16)18(15-9-3-1-4-10-15)27-20-22-23-24-25(20)17-13-7-8-14-17/h1-6,9-12,17-18H,7-8,13-14H2,(H,21,26). The number of benzene rings is 2. The van der Waals surface area contributed by atoms with E-state index in [1.807, 2.05) is 65.3 Å². The molecular formula is C20H21N5OS. The van der Waals surface area contributed by atoms with Crippen molar-refractivity contribution < 1.29 is 4.79 Å². The summed E-state index contributed by atoms with van der Waals surface area (Å²) >= 11 is 1.40. The van der Waals surface area contributed by atoms with Crippen molar-refractivity contribution in [2.75, 3.05) is 5.32 Å². The molecule has 7 heteroatoms. The van der Waals surface area contributed by atoms with Crippen LogP contribution < -0.4 is 5.32 Å². The molecule has 1 aliphatic carbocycles. The Kier molecular flexibility index (Phi) is 5.48. The second-order valence-corrected chi connectivity index (χ2v) is 7.68. The van der Waals surface area contributed by atoms with E-state index in [2.05, 4.69) is 20.8 Å². The highest BCUT2D eigenvalue weighted by Crippen LogP contribution is 2.38. The Morgan fingerprint density at radius 1 is 1.04 bits per heavy atom. The number of nitrogens with zero attached hydrogens (tertiary/aromatic N) is 4. The molecule has 3 aromatic rings. The van der Waals surface area contributed by atoms with E-state index in [1.54, 1.807) is 0 Å². The zero-order valence-electron chi connectivity index (χ0n) is 14.9. The first-order valence-corrected chi connectivity index (χ1v) is 10.0. The second-order valence-electron chi connectivity index (χ2n) is 6.61. The molecule has 1 atom stereocenters. The lowest BCUT2D eigenvalue weighted by Crippen LogP contribution is -2.20. The van der Waals surface area contributed by atoms with Crippen LogP contribution in [0.25, 0.3) is 0 Å². The molecule has 0 aliphatic heterocycles. The van der Waals surface area contributed by atoms with E-state index in [-0.39, 0.29) is 5.91 Å². The third kappa shape index (κ3) is 4.19. The van der Waals surface area contributed by atoms with E-state index in [4.69, 9.17) is 0 Å². The highest BCUT2D eigenvalue weighted by Gasteiger charge is 2.28. The fourth-order valence-corrected chi connectivity index (χ4v) is 4.42. The molecule has 2 aromatic carbocycles. The SMILES string of the molecule is O=C(Nc1ccccc1)C(Sc1nnnn1C1CCCC1)c1ccccc1. The van der Waals surface area contributed by atoms with Crippen molar-refractivity contribution in [2.24, 2.45) is 0 Å². The van der Waals surface area contributed by atoms with Gasteiger partial charge in [-0.05, 0) is 41.0 Å². The third-order valence-electron chi connectivity index (χ3n) is 4.74. The number of thioether (sulfide) groups is 1. The maximum Gasteiger partial charge on any atom is 0.242 e. The number of rotatable bonds is 6. The van der Waals surface area contributed by atoms with E-state index < -0.39 is 5.25 Å². The van der Waals surface area contributed by atoms with E-state index in [0.717, 1.165) is 24.1 Å². The first-order valence-electron chi connectivity index (χ1n) is 9.16. The number of carbonyl (C=O) groups is 1. The molecule has 27 heavy (non-hydrogen) atoms. The molecule has 1 fully saturated rings. The smallest absolute Gasteiger partial charge is 0.242 e. The Bertz CT molecular complexity index is 878. The predicted molar refractivity (Wildman–Crippen MR) is 105 cm³/mol. The first-order chi connectivity index (χ1) is 13.3. The summed E-state index contributed by atoms with van der Waals surface area (Å²) in [6.07, 6.45) is 4.58. The minimum absolute atomic E-state index is 0.0848. The van der Waals surface area contributed by atoms with E-state index in [1.165, 1.54) is 24.6 Å². The summed E-state index contributed by atoms with van der Waals surface area (Å²) in [7, 11) is 0. The Morgan fingerprint density at radius 2 is 1.70 bits per heavy atom. The lowest BCUT2D eigenvalue weighted by molar-refractivity contribution is -0.115. The average Bonchev–Trinajstić information content (AvgIpc) is 3.39. The average molecular weight is 379 g/mol. The van der Waals surface area contributed by atoms with Gasteiger partial charge >= 0.3 is 0 Å². The molecule has 1 amide bonds. The zero-order chi connectivity index (χ0) is 18.5. The number of hydrogen-bond acceptors (Lipinski definition) is 5. The molecule has 0 bridgehead atoms. The van der Waals surface area contributed by atoms with Gasteiger partial charge in [0.1, 0.15) is 5.25 Å². The topological polar surface area (TPSA) is 72.7 Å². The summed E-state index contributed by atoms with van der Waals surface area (Å²) in [6, 6.07) is 19.6. The number of nitrogens with one attached hydrogen (secondary N) is 1. The monoisotopic (exact) mass is 379 g/mol. The zero-order valence-corrected chi connectivity index (χ0v) is 15.7. The minimum atomic E-state index is -0.433. The van der Waals surface area contributed by atoms with Gasteiger partial charge in [-0.3, -0.25) is 4.79 Å². The fourth-order valence-electron chi connectivity index (χ4n) is 3.38. The maximum absolute atomic E-state index is 13.1. The Balaban J connectivity index is 1.59. The van der Waals surface area contributed by atoms with E-state index >= 15 is 0 Å². The van der Waals surface area contributed by atoms with Crippen molar-refractivity contribution in [1.82, 2.24) is 20.2 Å². The molecule has 1 heterocycles. The van der Waals surface area contributed by atoms with E-state index in [0.29, 0.717) is 11.2 Å². The molecule has 1 aliphatic rings. The number of para-hydroxylation sites is 1. The highest BCUT2D eigenvalue weighted by molar-refractivity contribution is 8.00. The summed E-state index contributed by atoms with van der Waals surface area (Å²) in [6.45, 7) is 0. The predicted octanol–water partition coefficient (Wildman–Crippen LogP) is 4.26.